The normalized spacial score (nSPS) is 11.8. The number of halogens is 3. The zero-order valence-corrected chi connectivity index (χ0v) is 20.0. The maximum absolute atomic E-state index is 14.0. The number of unbranched alkanes of at least 4 members (excludes halogenated alkanes) is 1. The second-order valence-electron chi connectivity index (χ2n) is 7.16. The van der Waals surface area contributed by atoms with E-state index < -0.39 is 11.9 Å². The molecule has 2 aromatic carbocycles. The third-order valence-corrected chi connectivity index (χ3v) is 6.35. The molecule has 0 bridgehead atoms. The molecule has 0 radical (unpaired) electrons. The summed E-state index contributed by atoms with van der Waals surface area (Å²) in [4.78, 5) is 27.2. The van der Waals surface area contributed by atoms with Crippen LogP contribution >= 0.6 is 35.0 Å². The third kappa shape index (κ3) is 8.02. The zero-order chi connectivity index (χ0) is 22.8. The highest BCUT2D eigenvalue weighted by atomic mass is 35.5. The van der Waals surface area contributed by atoms with Crippen LogP contribution in [-0.2, 0) is 21.9 Å². The van der Waals surface area contributed by atoms with E-state index in [0.29, 0.717) is 22.2 Å². The van der Waals surface area contributed by atoms with Crippen LogP contribution in [0.1, 0.15) is 37.8 Å². The molecule has 0 aliphatic rings. The van der Waals surface area contributed by atoms with Crippen molar-refractivity contribution in [2.45, 2.75) is 45.0 Å². The average Bonchev–Trinajstić information content (AvgIpc) is 2.75. The molecule has 8 heteroatoms. The van der Waals surface area contributed by atoms with E-state index in [1.165, 1.54) is 17.8 Å². The van der Waals surface area contributed by atoms with Gasteiger partial charge in [0.2, 0.25) is 11.8 Å². The molecule has 0 spiro atoms. The van der Waals surface area contributed by atoms with Gasteiger partial charge in [-0.3, -0.25) is 9.59 Å². The van der Waals surface area contributed by atoms with Crippen molar-refractivity contribution in [2.75, 3.05) is 12.3 Å². The molecule has 4 nitrogen and oxygen atoms in total. The van der Waals surface area contributed by atoms with Gasteiger partial charge >= 0.3 is 0 Å². The van der Waals surface area contributed by atoms with E-state index >= 15 is 0 Å². The Balaban J connectivity index is 2.07. The quantitative estimate of drug-likeness (QED) is 0.416. The summed E-state index contributed by atoms with van der Waals surface area (Å²) in [7, 11) is 0. The molecular weight excluding hydrogens is 458 g/mol. The summed E-state index contributed by atoms with van der Waals surface area (Å²) < 4.78 is 14.0. The first-order valence-corrected chi connectivity index (χ1v) is 12.1. The Hall–Kier alpha value is -1.76. The Morgan fingerprint density at radius 3 is 2.52 bits per heavy atom. The van der Waals surface area contributed by atoms with Gasteiger partial charge in [0.1, 0.15) is 11.9 Å². The zero-order valence-electron chi connectivity index (χ0n) is 17.7. The molecule has 0 saturated heterocycles. The van der Waals surface area contributed by atoms with Crippen molar-refractivity contribution >= 4 is 46.8 Å². The van der Waals surface area contributed by atoms with E-state index in [-0.39, 0.29) is 29.9 Å². The molecule has 0 saturated carbocycles. The predicted octanol–water partition coefficient (Wildman–Crippen LogP) is 5.70. The van der Waals surface area contributed by atoms with Crippen molar-refractivity contribution in [3.8, 4) is 0 Å². The molecule has 1 N–H and O–H groups in total. The Bertz CT molecular complexity index is 860. The molecule has 31 heavy (non-hydrogen) atoms. The molecule has 2 amide bonds. The highest BCUT2D eigenvalue weighted by molar-refractivity contribution is 7.99. The Morgan fingerprint density at radius 1 is 1.16 bits per heavy atom. The third-order valence-electron chi connectivity index (χ3n) is 4.80. The molecule has 1 atom stereocenters. The monoisotopic (exact) mass is 484 g/mol. The number of nitrogens with one attached hydrogen (secondary N) is 1. The SMILES string of the molecule is CCCCNC(=O)C(C)N(Cc1ccc(Cl)cc1)C(=O)CSCc1c(F)cccc1Cl. The fraction of sp³-hybridized carbons (Fsp3) is 0.391. The van der Waals surface area contributed by atoms with Crippen LogP contribution in [0, 0.1) is 5.82 Å². The van der Waals surface area contributed by atoms with Crippen LogP contribution in [0.5, 0.6) is 0 Å². The first-order valence-electron chi connectivity index (χ1n) is 10.2. The molecular formula is C23H27Cl2FN2O2S. The lowest BCUT2D eigenvalue weighted by molar-refractivity contribution is -0.138. The lowest BCUT2D eigenvalue weighted by Gasteiger charge is -2.29. The summed E-state index contributed by atoms with van der Waals surface area (Å²) >= 11 is 13.3. The van der Waals surface area contributed by atoms with E-state index in [0.717, 1.165) is 18.4 Å². The van der Waals surface area contributed by atoms with Gasteiger partial charge in [0, 0.05) is 34.5 Å². The minimum atomic E-state index is -0.641. The first kappa shape index (κ1) is 25.5. The van der Waals surface area contributed by atoms with Crippen LogP contribution in [0.25, 0.3) is 0 Å². The second kappa shape index (κ2) is 12.9. The summed E-state index contributed by atoms with van der Waals surface area (Å²) in [5, 5.41) is 3.82. The summed E-state index contributed by atoms with van der Waals surface area (Å²) in [6, 6.07) is 11.0. The Morgan fingerprint density at radius 2 is 1.87 bits per heavy atom. The minimum absolute atomic E-state index is 0.102. The van der Waals surface area contributed by atoms with E-state index in [4.69, 9.17) is 23.2 Å². The Labute approximate surface area is 197 Å². The van der Waals surface area contributed by atoms with Crippen LogP contribution in [-0.4, -0.2) is 35.1 Å². The standard InChI is InChI=1S/C23H27Cl2FN2O2S/c1-3-4-12-27-23(30)16(2)28(13-17-8-10-18(24)11-9-17)22(29)15-31-14-19-20(25)6-5-7-21(19)26/h5-11,16H,3-4,12-15H2,1-2H3,(H,27,30). The summed E-state index contributed by atoms with van der Waals surface area (Å²) in [5.41, 5.74) is 1.24. The van der Waals surface area contributed by atoms with Gasteiger partial charge in [0.05, 0.1) is 5.75 Å². The van der Waals surface area contributed by atoms with Gasteiger partial charge in [-0.15, -0.1) is 11.8 Å². The van der Waals surface area contributed by atoms with E-state index in [2.05, 4.69) is 5.32 Å². The summed E-state index contributed by atoms with van der Waals surface area (Å²) in [6.07, 6.45) is 1.85. The molecule has 0 heterocycles. The molecule has 0 aliphatic carbocycles. The lowest BCUT2D eigenvalue weighted by Crippen LogP contribution is -2.48. The number of nitrogens with zero attached hydrogens (tertiary/aromatic N) is 1. The van der Waals surface area contributed by atoms with Gasteiger partial charge in [-0.05, 0) is 43.2 Å². The van der Waals surface area contributed by atoms with Crippen LogP contribution < -0.4 is 5.32 Å². The molecule has 0 fully saturated rings. The molecule has 1 unspecified atom stereocenters. The fourth-order valence-electron chi connectivity index (χ4n) is 2.90. The maximum Gasteiger partial charge on any atom is 0.242 e. The van der Waals surface area contributed by atoms with Crippen molar-refractivity contribution in [3.05, 3.63) is 69.5 Å². The van der Waals surface area contributed by atoms with Crippen molar-refractivity contribution in [1.29, 1.82) is 0 Å². The van der Waals surface area contributed by atoms with E-state index in [1.807, 2.05) is 19.1 Å². The number of rotatable bonds is 11. The van der Waals surface area contributed by atoms with Gasteiger partial charge in [-0.1, -0.05) is 54.7 Å². The Kier molecular flexibility index (Phi) is 10.6. The lowest BCUT2D eigenvalue weighted by atomic mass is 10.1. The van der Waals surface area contributed by atoms with Crippen molar-refractivity contribution in [1.82, 2.24) is 10.2 Å². The minimum Gasteiger partial charge on any atom is -0.354 e. The highest BCUT2D eigenvalue weighted by Gasteiger charge is 2.26. The van der Waals surface area contributed by atoms with Gasteiger partial charge in [0.15, 0.2) is 0 Å². The number of carbonyl (C=O) groups is 2. The second-order valence-corrected chi connectivity index (χ2v) is 8.99. The van der Waals surface area contributed by atoms with Crippen LogP contribution in [0.15, 0.2) is 42.5 Å². The van der Waals surface area contributed by atoms with E-state index in [1.54, 1.807) is 36.1 Å². The van der Waals surface area contributed by atoms with Gasteiger partial charge in [0.25, 0.3) is 0 Å². The predicted molar refractivity (Wildman–Crippen MR) is 127 cm³/mol. The van der Waals surface area contributed by atoms with Crippen LogP contribution in [0.4, 0.5) is 4.39 Å². The van der Waals surface area contributed by atoms with E-state index in [9.17, 15) is 14.0 Å². The summed E-state index contributed by atoms with van der Waals surface area (Å²) in [5.74, 6) is -0.425. The van der Waals surface area contributed by atoms with Crippen molar-refractivity contribution in [3.63, 3.8) is 0 Å². The van der Waals surface area contributed by atoms with Gasteiger partial charge in [-0.25, -0.2) is 4.39 Å². The summed E-state index contributed by atoms with van der Waals surface area (Å²) in [6.45, 7) is 4.61. The van der Waals surface area contributed by atoms with Gasteiger partial charge in [-0.2, -0.15) is 0 Å². The largest absolute Gasteiger partial charge is 0.354 e. The molecule has 2 rings (SSSR count). The molecule has 0 aliphatic heterocycles. The molecule has 2 aromatic rings. The maximum atomic E-state index is 14.0. The fourth-order valence-corrected chi connectivity index (χ4v) is 4.27. The highest BCUT2D eigenvalue weighted by Crippen LogP contribution is 2.24. The van der Waals surface area contributed by atoms with Crippen molar-refractivity contribution < 1.29 is 14.0 Å². The number of thioether (sulfide) groups is 1. The number of hydrogen-bond donors (Lipinski definition) is 1. The smallest absolute Gasteiger partial charge is 0.242 e. The number of hydrogen-bond acceptors (Lipinski definition) is 3. The number of carbonyl (C=O) groups excluding carboxylic acids is 2. The average molecular weight is 485 g/mol. The molecule has 168 valence electrons. The van der Waals surface area contributed by atoms with Crippen LogP contribution in [0.3, 0.4) is 0 Å². The molecule has 0 aromatic heterocycles. The first-order chi connectivity index (χ1) is 14.8. The van der Waals surface area contributed by atoms with Crippen molar-refractivity contribution in [2.24, 2.45) is 0 Å². The number of amides is 2. The van der Waals surface area contributed by atoms with Gasteiger partial charge < -0.3 is 10.2 Å². The van der Waals surface area contributed by atoms with Crippen LogP contribution in [0.2, 0.25) is 10.0 Å². The number of benzene rings is 2. The topological polar surface area (TPSA) is 49.4 Å².